The Morgan fingerprint density at radius 1 is 1.48 bits per heavy atom. The van der Waals surface area contributed by atoms with Gasteiger partial charge in [-0.05, 0) is 25.7 Å². The van der Waals surface area contributed by atoms with Crippen molar-refractivity contribution in [3.05, 3.63) is 16.1 Å². The summed E-state index contributed by atoms with van der Waals surface area (Å²) in [6, 6.07) is 0. The molecule has 1 aromatic rings. The van der Waals surface area contributed by atoms with Gasteiger partial charge in [-0.15, -0.1) is 11.3 Å². The van der Waals surface area contributed by atoms with E-state index in [4.69, 9.17) is 0 Å². The highest BCUT2D eigenvalue weighted by molar-refractivity contribution is 7.09. The molecule has 1 atom stereocenters. The number of aliphatic hydroxyl groups is 1. The van der Waals surface area contributed by atoms with Crippen molar-refractivity contribution in [1.82, 2.24) is 4.98 Å². The zero-order valence-electron chi connectivity index (χ0n) is 13.0. The molecule has 0 saturated carbocycles. The molecule has 0 aromatic carbocycles. The van der Waals surface area contributed by atoms with Crippen LogP contribution >= 0.6 is 11.3 Å². The summed E-state index contributed by atoms with van der Waals surface area (Å²) >= 11 is 1.55. The minimum atomic E-state index is -1.11. The quantitative estimate of drug-likeness (QED) is 0.588. The third-order valence-electron chi connectivity index (χ3n) is 3.78. The summed E-state index contributed by atoms with van der Waals surface area (Å²) in [5.74, 6) is -0.934. The number of esters is 1. The molecule has 0 bridgehead atoms. The summed E-state index contributed by atoms with van der Waals surface area (Å²) < 4.78 is 4.48. The number of ether oxygens (including phenoxy) is 1. The highest BCUT2D eigenvalue weighted by Gasteiger charge is 2.34. The molecule has 0 aliphatic heterocycles. The minimum absolute atomic E-state index is 0.0301. The summed E-state index contributed by atoms with van der Waals surface area (Å²) in [7, 11) is 1.25. The van der Waals surface area contributed by atoms with Gasteiger partial charge in [0.25, 0.3) is 0 Å². The average molecular weight is 313 g/mol. The zero-order valence-corrected chi connectivity index (χ0v) is 13.8. The summed E-state index contributed by atoms with van der Waals surface area (Å²) in [6.07, 6.45) is 0.833. The fraction of sp³-hybridized carbons (Fsp3) is 0.667. The number of thiazole rings is 1. The van der Waals surface area contributed by atoms with Crippen LogP contribution in [0.5, 0.6) is 0 Å². The molecule has 0 saturated heterocycles. The van der Waals surface area contributed by atoms with Gasteiger partial charge in [-0.2, -0.15) is 0 Å². The van der Waals surface area contributed by atoms with Gasteiger partial charge >= 0.3 is 5.97 Å². The maximum absolute atomic E-state index is 11.9. The second-order valence-corrected chi connectivity index (χ2v) is 6.53. The SMILES string of the molecule is COC(=O)CC(=O)CC(O)(CCc1scnc1C)C(C)C. The molecule has 1 unspecified atom stereocenters. The first-order valence-electron chi connectivity index (χ1n) is 6.98. The van der Waals surface area contributed by atoms with E-state index in [0.29, 0.717) is 12.8 Å². The monoisotopic (exact) mass is 313 g/mol. The normalized spacial score (nSPS) is 14.0. The molecule has 1 N–H and O–H groups in total. The molecule has 0 fully saturated rings. The highest BCUT2D eigenvalue weighted by Crippen LogP contribution is 2.29. The van der Waals surface area contributed by atoms with Crippen molar-refractivity contribution in [3.8, 4) is 0 Å². The Balaban J connectivity index is 2.67. The number of carbonyl (C=O) groups is 2. The van der Waals surface area contributed by atoms with Crippen molar-refractivity contribution in [2.24, 2.45) is 5.92 Å². The first kappa shape index (κ1) is 17.8. The van der Waals surface area contributed by atoms with Gasteiger partial charge in [0.2, 0.25) is 0 Å². The molecule has 0 aliphatic rings. The summed E-state index contributed by atoms with van der Waals surface area (Å²) in [5, 5.41) is 10.7. The van der Waals surface area contributed by atoms with Crippen LogP contribution in [0, 0.1) is 12.8 Å². The van der Waals surface area contributed by atoms with Crippen LogP contribution in [0.3, 0.4) is 0 Å². The maximum atomic E-state index is 11.9. The van der Waals surface area contributed by atoms with E-state index >= 15 is 0 Å². The van der Waals surface area contributed by atoms with Crippen molar-refractivity contribution in [2.45, 2.75) is 52.1 Å². The van der Waals surface area contributed by atoms with E-state index in [1.54, 1.807) is 16.8 Å². The predicted octanol–water partition coefficient (Wildman–Crippen LogP) is 2.29. The van der Waals surface area contributed by atoms with Gasteiger partial charge < -0.3 is 9.84 Å². The molecule has 1 aromatic heterocycles. The average Bonchev–Trinajstić information content (AvgIpc) is 2.81. The van der Waals surface area contributed by atoms with Gasteiger partial charge in [-0.25, -0.2) is 4.98 Å². The van der Waals surface area contributed by atoms with Crippen molar-refractivity contribution < 1.29 is 19.4 Å². The van der Waals surface area contributed by atoms with E-state index in [-0.39, 0.29) is 24.5 Å². The van der Waals surface area contributed by atoms with Gasteiger partial charge in [0.1, 0.15) is 12.2 Å². The lowest BCUT2D eigenvalue weighted by Crippen LogP contribution is -2.38. The zero-order chi connectivity index (χ0) is 16.0. The lowest BCUT2D eigenvalue weighted by atomic mass is 9.81. The summed E-state index contributed by atoms with van der Waals surface area (Å²) in [6.45, 7) is 5.69. The molecule has 1 heterocycles. The molecule has 1 rings (SSSR count). The van der Waals surface area contributed by atoms with Crippen molar-refractivity contribution in [2.75, 3.05) is 7.11 Å². The number of rotatable bonds is 8. The lowest BCUT2D eigenvalue weighted by molar-refractivity contribution is -0.144. The Kier molecular flexibility index (Phi) is 6.48. The van der Waals surface area contributed by atoms with Crippen LogP contribution in [0.1, 0.15) is 43.7 Å². The molecular formula is C15H23NO4S. The van der Waals surface area contributed by atoms with E-state index in [1.807, 2.05) is 20.8 Å². The first-order chi connectivity index (χ1) is 9.78. The molecule has 21 heavy (non-hydrogen) atoms. The molecule has 0 amide bonds. The van der Waals surface area contributed by atoms with Crippen LogP contribution in [0.25, 0.3) is 0 Å². The van der Waals surface area contributed by atoms with Crippen LogP contribution in [0.2, 0.25) is 0 Å². The van der Waals surface area contributed by atoms with Crippen molar-refractivity contribution in [3.63, 3.8) is 0 Å². The fourth-order valence-corrected chi connectivity index (χ4v) is 2.90. The number of carbonyl (C=O) groups excluding carboxylic acids is 2. The van der Waals surface area contributed by atoms with Gasteiger partial charge in [-0.1, -0.05) is 13.8 Å². The standard InChI is InChI=1S/C15H23NO4S/c1-10(2)15(19,8-12(17)7-14(18)20-4)6-5-13-11(3)16-9-21-13/h9-10,19H,5-8H2,1-4H3. The number of ketones is 1. The molecule has 0 spiro atoms. The number of hydrogen-bond acceptors (Lipinski definition) is 6. The number of methoxy groups -OCH3 is 1. The van der Waals surface area contributed by atoms with Crippen molar-refractivity contribution >= 4 is 23.1 Å². The van der Waals surface area contributed by atoms with Crippen LogP contribution in [-0.2, 0) is 20.7 Å². The fourth-order valence-electron chi connectivity index (χ4n) is 2.11. The van der Waals surface area contributed by atoms with Gasteiger partial charge in [0, 0.05) is 11.3 Å². The lowest BCUT2D eigenvalue weighted by Gasteiger charge is -2.31. The van der Waals surface area contributed by atoms with E-state index < -0.39 is 11.6 Å². The predicted molar refractivity (Wildman–Crippen MR) is 81.2 cm³/mol. The number of nitrogens with zero attached hydrogens (tertiary/aromatic N) is 1. The number of aryl methyl sites for hydroxylation is 2. The first-order valence-corrected chi connectivity index (χ1v) is 7.86. The molecule has 5 nitrogen and oxygen atoms in total. The topological polar surface area (TPSA) is 76.5 Å². The number of aromatic nitrogens is 1. The molecule has 0 aliphatic carbocycles. The Morgan fingerprint density at radius 3 is 2.62 bits per heavy atom. The summed E-state index contributed by atoms with van der Waals surface area (Å²) in [5.41, 5.74) is 1.63. The minimum Gasteiger partial charge on any atom is -0.469 e. The second-order valence-electron chi connectivity index (χ2n) is 5.59. The maximum Gasteiger partial charge on any atom is 0.313 e. The summed E-state index contributed by atoms with van der Waals surface area (Å²) in [4.78, 5) is 28.3. The van der Waals surface area contributed by atoms with Gasteiger partial charge in [-0.3, -0.25) is 9.59 Å². The number of hydrogen-bond donors (Lipinski definition) is 1. The molecule has 6 heteroatoms. The Bertz CT molecular complexity index is 498. The van der Waals surface area contributed by atoms with Gasteiger partial charge in [0.05, 0.1) is 23.9 Å². The van der Waals surface area contributed by atoms with Crippen LogP contribution in [0.15, 0.2) is 5.51 Å². The number of Topliss-reactive ketones (excluding diaryl/α,β-unsaturated/α-hetero) is 1. The third kappa shape index (κ3) is 5.21. The Labute approximate surface area is 129 Å². The van der Waals surface area contributed by atoms with E-state index in [0.717, 1.165) is 10.6 Å². The molecular weight excluding hydrogens is 290 g/mol. The Morgan fingerprint density at radius 2 is 2.14 bits per heavy atom. The van der Waals surface area contributed by atoms with E-state index in [9.17, 15) is 14.7 Å². The third-order valence-corrected chi connectivity index (χ3v) is 4.77. The van der Waals surface area contributed by atoms with Crippen LogP contribution in [-0.4, -0.2) is 34.6 Å². The van der Waals surface area contributed by atoms with E-state index in [2.05, 4.69) is 9.72 Å². The second kappa shape index (κ2) is 7.66. The highest BCUT2D eigenvalue weighted by atomic mass is 32.1. The molecule has 118 valence electrons. The Hall–Kier alpha value is -1.27. The smallest absolute Gasteiger partial charge is 0.313 e. The van der Waals surface area contributed by atoms with Crippen LogP contribution in [0.4, 0.5) is 0 Å². The molecule has 0 radical (unpaired) electrons. The van der Waals surface area contributed by atoms with E-state index in [1.165, 1.54) is 7.11 Å². The van der Waals surface area contributed by atoms with Crippen LogP contribution < -0.4 is 0 Å². The van der Waals surface area contributed by atoms with Crippen molar-refractivity contribution in [1.29, 1.82) is 0 Å². The van der Waals surface area contributed by atoms with Gasteiger partial charge in [0.15, 0.2) is 0 Å². The largest absolute Gasteiger partial charge is 0.469 e.